The molecule has 0 fully saturated rings. The van der Waals surface area contributed by atoms with Crippen molar-refractivity contribution >= 4 is 17.5 Å². The number of fused-ring (bicyclic) bond motifs is 1. The SMILES string of the molecule is Cc1cc(C(=O)NCCCc2ccccc2)nc(N2CCc3ccccc32)n1. The molecule has 5 nitrogen and oxygen atoms in total. The molecule has 28 heavy (non-hydrogen) atoms. The molecule has 0 spiro atoms. The second-order valence-electron chi connectivity index (χ2n) is 7.07. The van der Waals surface area contributed by atoms with E-state index in [-0.39, 0.29) is 5.91 Å². The topological polar surface area (TPSA) is 58.1 Å². The molecule has 0 atom stereocenters. The van der Waals surface area contributed by atoms with Crippen molar-refractivity contribution in [1.82, 2.24) is 15.3 Å². The van der Waals surface area contributed by atoms with Crippen LogP contribution in [0.3, 0.4) is 0 Å². The average molecular weight is 372 g/mol. The number of rotatable bonds is 6. The monoisotopic (exact) mass is 372 g/mol. The highest BCUT2D eigenvalue weighted by atomic mass is 16.1. The van der Waals surface area contributed by atoms with Crippen molar-refractivity contribution in [2.24, 2.45) is 0 Å². The predicted molar refractivity (Wildman–Crippen MR) is 111 cm³/mol. The zero-order valence-electron chi connectivity index (χ0n) is 16.1. The van der Waals surface area contributed by atoms with Crippen LogP contribution in [0.5, 0.6) is 0 Å². The summed E-state index contributed by atoms with van der Waals surface area (Å²) in [7, 11) is 0. The highest BCUT2D eigenvalue weighted by Gasteiger charge is 2.23. The Kier molecular flexibility index (Phi) is 5.33. The molecule has 3 aromatic rings. The molecule has 0 aliphatic carbocycles. The average Bonchev–Trinajstić information content (AvgIpc) is 3.15. The summed E-state index contributed by atoms with van der Waals surface area (Å²) in [5.74, 6) is 0.451. The van der Waals surface area contributed by atoms with Gasteiger partial charge in [0, 0.05) is 24.5 Å². The summed E-state index contributed by atoms with van der Waals surface area (Å²) in [6, 6.07) is 20.3. The molecule has 1 amide bonds. The van der Waals surface area contributed by atoms with Gasteiger partial charge in [-0.2, -0.15) is 0 Å². The van der Waals surface area contributed by atoms with E-state index in [0.717, 1.165) is 37.2 Å². The van der Waals surface area contributed by atoms with Gasteiger partial charge in [0.1, 0.15) is 5.69 Å². The number of nitrogens with one attached hydrogen (secondary N) is 1. The molecular formula is C23H24N4O. The smallest absolute Gasteiger partial charge is 0.270 e. The largest absolute Gasteiger partial charge is 0.351 e. The van der Waals surface area contributed by atoms with E-state index < -0.39 is 0 Å². The predicted octanol–water partition coefficient (Wildman–Crippen LogP) is 3.84. The fraction of sp³-hybridized carbons (Fsp3) is 0.261. The van der Waals surface area contributed by atoms with Crippen LogP contribution in [-0.2, 0) is 12.8 Å². The maximum absolute atomic E-state index is 12.6. The molecule has 2 heterocycles. The van der Waals surface area contributed by atoms with Crippen LogP contribution < -0.4 is 10.2 Å². The van der Waals surface area contributed by atoms with E-state index in [9.17, 15) is 4.79 Å². The lowest BCUT2D eigenvalue weighted by molar-refractivity contribution is 0.0948. The molecule has 1 aromatic heterocycles. The molecule has 1 N–H and O–H groups in total. The number of hydrogen-bond acceptors (Lipinski definition) is 4. The number of benzene rings is 2. The minimum Gasteiger partial charge on any atom is -0.351 e. The van der Waals surface area contributed by atoms with Gasteiger partial charge in [-0.1, -0.05) is 48.5 Å². The number of aromatic nitrogens is 2. The zero-order chi connectivity index (χ0) is 19.3. The third-order valence-corrected chi connectivity index (χ3v) is 4.97. The first-order valence-corrected chi connectivity index (χ1v) is 9.74. The van der Waals surface area contributed by atoms with Crippen LogP contribution in [-0.4, -0.2) is 29.0 Å². The first-order chi connectivity index (χ1) is 13.7. The van der Waals surface area contributed by atoms with Crippen LogP contribution >= 0.6 is 0 Å². The summed E-state index contributed by atoms with van der Waals surface area (Å²) in [5.41, 5.74) is 4.92. The number of para-hydroxylation sites is 1. The summed E-state index contributed by atoms with van der Waals surface area (Å²) in [6.07, 6.45) is 2.81. The van der Waals surface area contributed by atoms with Gasteiger partial charge in [-0.25, -0.2) is 9.97 Å². The van der Waals surface area contributed by atoms with E-state index in [0.29, 0.717) is 18.2 Å². The van der Waals surface area contributed by atoms with E-state index >= 15 is 0 Å². The number of anilines is 2. The fourth-order valence-electron chi connectivity index (χ4n) is 3.57. The molecule has 2 aromatic carbocycles. The van der Waals surface area contributed by atoms with Crippen molar-refractivity contribution in [3.05, 3.63) is 83.2 Å². The maximum atomic E-state index is 12.6. The van der Waals surface area contributed by atoms with E-state index in [4.69, 9.17) is 0 Å². The Balaban J connectivity index is 1.42. The molecule has 1 aliphatic rings. The van der Waals surface area contributed by atoms with Crippen LogP contribution in [0.4, 0.5) is 11.6 Å². The number of nitrogens with zero attached hydrogens (tertiary/aromatic N) is 3. The molecule has 142 valence electrons. The molecule has 1 aliphatic heterocycles. The van der Waals surface area contributed by atoms with Crippen molar-refractivity contribution < 1.29 is 4.79 Å². The molecular weight excluding hydrogens is 348 g/mol. The van der Waals surface area contributed by atoms with Gasteiger partial charge in [0.15, 0.2) is 0 Å². The van der Waals surface area contributed by atoms with Gasteiger partial charge < -0.3 is 10.2 Å². The lowest BCUT2D eigenvalue weighted by Crippen LogP contribution is -2.27. The lowest BCUT2D eigenvalue weighted by Gasteiger charge is -2.18. The minimum atomic E-state index is -0.146. The van der Waals surface area contributed by atoms with Gasteiger partial charge in [-0.3, -0.25) is 4.79 Å². The van der Waals surface area contributed by atoms with Gasteiger partial charge in [-0.05, 0) is 49.4 Å². The zero-order valence-corrected chi connectivity index (χ0v) is 16.1. The second-order valence-corrected chi connectivity index (χ2v) is 7.07. The molecule has 4 rings (SSSR count). The van der Waals surface area contributed by atoms with Crippen LogP contribution in [0.1, 0.15) is 33.7 Å². The third-order valence-electron chi connectivity index (χ3n) is 4.97. The van der Waals surface area contributed by atoms with E-state index in [1.54, 1.807) is 6.07 Å². The number of amides is 1. The van der Waals surface area contributed by atoms with Crippen molar-refractivity contribution in [2.45, 2.75) is 26.2 Å². The number of carbonyl (C=O) groups is 1. The summed E-state index contributed by atoms with van der Waals surface area (Å²) < 4.78 is 0. The molecule has 0 saturated carbocycles. The molecule has 0 saturated heterocycles. The van der Waals surface area contributed by atoms with Gasteiger partial charge >= 0.3 is 0 Å². The first kappa shape index (κ1) is 18.2. The number of hydrogen-bond donors (Lipinski definition) is 1. The minimum absolute atomic E-state index is 0.146. The van der Waals surface area contributed by atoms with Crippen LogP contribution in [0.2, 0.25) is 0 Å². The third kappa shape index (κ3) is 4.03. The highest BCUT2D eigenvalue weighted by molar-refractivity contribution is 5.92. The van der Waals surface area contributed by atoms with Crippen molar-refractivity contribution in [1.29, 1.82) is 0 Å². The molecule has 0 bridgehead atoms. The van der Waals surface area contributed by atoms with Crippen LogP contribution in [0.25, 0.3) is 0 Å². The summed E-state index contributed by atoms with van der Waals surface area (Å²) in [4.78, 5) is 23.8. The first-order valence-electron chi connectivity index (χ1n) is 9.74. The highest BCUT2D eigenvalue weighted by Crippen LogP contribution is 2.32. The quantitative estimate of drug-likeness (QED) is 0.668. The number of carbonyl (C=O) groups excluding carboxylic acids is 1. The Morgan fingerprint density at radius 2 is 1.86 bits per heavy atom. The number of aryl methyl sites for hydroxylation is 2. The standard InChI is InChI=1S/C23H24N4O/c1-17-16-20(22(28)24-14-7-10-18-8-3-2-4-9-18)26-23(25-17)27-15-13-19-11-5-6-12-21(19)27/h2-6,8-9,11-12,16H,7,10,13-15H2,1H3,(H,24,28). The van der Waals surface area contributed by atoms with Gasteiger partial charge in [0.05, 0.1) is 0 Å². The Morgan fingerprint density at radius 1 is 1.07 bits per heavy atom. The van der Waals surface area contributed by atoms with Gasteiger partial charge in [-0.15, -0.1) is 0 Å². The molecule has 0 unspecified atom stereocenters. The van der Waals surface area contributed by atoms with Crippen molar-refractivity contribution in [3.63, 3.8) is 0 Å². The van der Waals surface area contributed by atoms with Crippen molar-refractivity contribution in [3.8, 4) is 0 Å². The lowest BCUT2D eigenvalue weighted by atomic mass is 10.1. The fourth-order valence-corrected chi connectivity index (χ4v) is 3.57. The summed E-state index contributed by atoms with van der Waals surface area (Å²) in [5, 5.41) is 2.99. The normalized spacial score (nSPS) is 12.7. The molecule has 5 heteroatoms. The van der Waals surface area contributed by atoms with E-state index in [2.05, 4.69) is 44.5 Å². The Labute approximate surface area is 165 Å². The Hall–Kier alpha value is -3.21. The van der Waals surface area contributed by atoms with Crippen molar-refractivity contribution in [2.75, 3.05) is 18.0 Å². The summed E-state index contributed by atoms with van der Waals surface area (Å²) >= 11 is 0. The maximum Gasteiger partial charge on any atom is 0.270 e. The van der Waals surface area contributed by atoms with Crippen LogP contribution in [0, 0.1) is 6.92 Å². The molecule has 0 radical (unpaired) electrons. The van der Waals surface area contributed by atoms with E-state index in [1.807, 2.05) is 37.3 Å². The Morgan fingerprint density at radius 3 is 2.71 bits per heavy atom. The summed E-state index contributed by atoms with van der Waals surface area (Å²) in [6.45, 7) is 3.36. The van der Waals surface area contributed by atoms with Gasteiger partial charge in [0.25, 0.3) is 5.91 Å². The van der Waals surface area contributed by atoms with Crippen LogP contribution in [0.15, 0.2) is 60.7 Å². The van der Waals surface area contributed by atoms with E-state index in [1.165, 1.54) is 11.1 Å². The Bertz CT molecular complexity index is 971. The van der Waals surface area contributed by atoms with Gasteiger partial charge in [0.2, 0.25) is 5.95 Å². The second kappa shape index (κ2) is 8.21.